The van der Waals surface area contributed by atoms with Gasteiger partial charge in [0.15, 0.2) is 11.5 Å². The maximum Gasteiger partial charge on any atom is 0.180 e. The second kappa shape index (κ2) is 12.2. The van der Waals surface area contributed by atoms with E-state index in [-0.39, 0.29) is 0 Å². The predicted octanol–water partition coefficient (Wildman–Crippen LogP) is 5.40. The number of benzene rings is 2. The zero-order chi connectivity index (χ0) is 20.4. The molecule has 154 valence electrons. The third kappa shape index (κ3) is 6.85. The van der Waals surface area contributed by atoms with Gasteiger partial charge in [-0.15, -0.1) is 0 Å². The number of hydrogen-bond acceptors (Lipinski definition) is 4. The van der Waals surface area contributed by atoms with Crippen LogP contribution in [0, 0.1) is 0 Å². The highest BCUT2D eigenvalue weighted by atomic mass is 35.5. The van der Waals surface area contributed by atoms with Crippen LogP contribution in [0.3, 0.4) is 0 Å². The van der Waals surface area contributed by atoms with Gasteiger partial charge in [-0.3, -0.25) is 0 Å². The molecule has 0 spiro atoms. The van der Waals surface area contributed by atoms with Crippen molar-refractivity contribution < 1.29 is 9.47 Å². The summed E-state index contributed by atoms with van der Waals surface area (Å²) in [7, 11) is 1.62. The highest BCUT2D eigenvalue weighted by Gasteiger charge is 2.13. The Morgan fingerprint density at radius 1 is 1.04 bits per heavy atom. The van der Waals surface area contributed by atoms with Crippen molar-refractivity contribution in [3.63, 3.8) is 0 Å². The summed E-state index contributed by atoms with van der Waals surface area (Å²) in [5.41, 5.74) is 1.97. The molecule has 2 aromatic rings. The van der Waals surface area contributed by atoms with E-state index in [1.165, 1.54) is 0 Å². The number of nitrogens with one attached hydrogen (secondary N) is 1. The fraction of sp³-hybridized carbons (Fsp3) is 0.455. The van der Waals surface area contributed by atoms with E-state index in [4.69, 9.17) is 32.7 Å². The minimum atomic E-state index is 0.332. The van der Waals surface area contributed by atoms with Crippen molar-refractivity contribution in [3.8, 4) is 11.5 Å². The van der Waals surface area contributed by atoms with Gasteiger partial charge in [-0.1, -0.05) is 55.2 Å². The lowest BCUT2D eigenvalue weighted by atomic mass is 10.2. The number of hydrogen-bond donors (Lipinski definition) is 1. The smallest absolute Gasteiger partial charge is 0.180 e. The van der Waals surface area contributed by atoms with Gasteiger partial charge in [0.1, 0.15) is 6.61 Å². The Kier molecular flexibility index (Phi) is 9.93. The summed E-state index contributed by atoms with van der Waals surface area (Å²) in [6.45, 7) is 9.72. The van der Waals surface area contributed by atoms with Crippen LogP contribution < -0.4 is 14.8 Å². The van der Waals surface area contributed by atoms with Gasteiger partial charge in [0.25, 0.3) is 0 Å². The van der Waals surface area contributed by atoms with E-state index < -0.39 is 0 Å². The Labute approximate surface area is 178 Å². The lowest BCUT2D eigenvalue weighted by Gasteiger charge is -2.18. The number of halogens is 2. The van der Waals surface area contributed by atoms with Crippen molar-refractivity contribution in [2.75, 3.05) is 33.3 Å². The first-order valence-electron chi connectivity index (χ1n) is 9.74. The van der Waals surface area contributed by atoms with E-state index >= 15 is 0 Å². The van der Waals surface area contributed by atoms with E-state index in [9.17, 15) is 0 Å². The van der Waals surface area contributed by atoms with Gasteiger partial charge in [0.2, 0.25) is 0 Å². The molecular weight excluding hydrogens is 395 g/mol. The molecule has 2 aromatic carbocycles. The van der Waals surface area contributed by atoms with Gasteiger partial charge in [-0.05, 0) is 56.4 Å². The van der Waals surface area contributed by atoms with Crippen LogP contribution in [-0.2, 0) is 13.2 Å². The van der Waals surface area contributed by atoms with Crippen LogP contribution in [0.4, 0.5) is 0 Å². The Bertz CT molecular complexity index is 736. The summed E-state index contributed by atoms with van der Waals surface area (Å²) in [6.07, 6.45) is 1.12. The maximum absolute atomic E-state index is 6.47. The zero-order valence-corrected chi connectivity index (χ0v) is 18.4. The van der Waals surface area contributed by atoms with E-state index in [2.05, 4.69) is 24.1 Å². The highest BCUT2D eigenvalue weighted by molar-refractivity contribution is 6.32. The monoisotopic (exact) mass is 424 g/mol. The highest BCUT2D eigenvalue weighted by Crippen LogP contribution is 2.37. The van der Waals surface area contributed by atoms with Crippen LogP contribution in [0.2, 0.25) is 10.0 Å². The standard InChI is InChI=1S/C22H30Cl2N2O2/c1-4-26(5-2)12-8-11-25-15-17-13-20(24)22(21(14-17)27-3)28-16-18-9-6-7-10-19(18)23/h6-7,9-10,13-14,25H,4-5,8,11-12,15-16H2,1-3H3. The van der Waals surface area contributed by atoms with Crippen molar-refractivity contribution in [3.05, 3.63) is 57.6 Å². The summed E-state index contributed by atoms with van der Waals surface area (Å²) in [5, 5.41) is 4.67. The van der Waals surface area contributed by atoms with Gasteiger partial charge >= 0.3 is 0 Å². The van der Waals surface area contributed by atoms with Crippen LogP contribution in [-0.4, -0.2) is 38.2 Å². The van der Waals surface area contributed by atoms with Gasteiger partial charge < -0.3 is 19.7 Å². The molecule has 0 aliphatic heterocycles. The largest absolute Gasteiger partial charge is 0.493 e. The molecule has 0 unspecified atom stereocenters. The molecule has 2 rings (SSSR count). The Hall–Kier alpha value is -1.46. The molecule has 0 aliphatic carbocycles. The third-order valence-corrected chi connectivity index (χ3v) is 5.32. The lowest BCUT2D eigenvalue weighted by molar-refractivity contribution is 0.284. The molecule has 0 atom stereocenters. The van der Waals surface area contributed by atoms with Crippen LogP contribution in [0.5, 0.6) is 11.5 Å². The fourth-order valence-corrected chi connectivity index (χ4v) is 3.46. The van der Waals surface area contributed by atoms with Crippen LogP contribution in [0.25, 0.3) is 0 Å². The van der Waals surface area contributed by atoms with E-state index in [1.807, 2.05) is 36.4 Å². The molecule has 0 saturated carbocycles. The van der Waals surface area contributed by atoms with Gasteiger partial charge in [0.05, 0.1) is 12.1 Å². The summed E-state index contributed by atoms with van der Waals surface area (Å²) in [4.78, 5) is 2.42. The minimum absolute atomic E-state index is 0.332. The van der Waals surface area contributed by atoms with Crippen LogP contribution in [0.1, 0.15) is 31.4 Å². The molecule has 0 aliphatic rings. The molecule has 0 heterocycles. The summed E-state index contributed by atoms with van der Waals surface area (Å²) in [6, 6.07) is 11.5. The number of nitrogens with zero attached hydrogens (tertiary/aromatic N) is 1. The van der Waals surface area contributed by atoms with Crippen molar-refractivity contribution >= 4 is 23.2 Å². The first-order valence-corrected chi connectivity index (χ1v) is 10.5. The molecule has 0 amide bonds. The Balaban J connectivity index is 1.92. The van der Waals surface area contributed by atoms with E-state index in [0.717, 1.165) is 50.3 Å². The predicted molar refractivity (Wildman–Crippen MR) is 118 cm³/mol. The summed E-state index contributed by atoms with van der Waals surface area (Å²) < 4.78 is 11.4. The lowest BCUT2D eigenvalue weighted by Crippen LogP contribution is -2.27. The molecule has 0 fully saturated rings. The second-order valence-electron chi connectivity index (χ2n) is 6.55. The number of ether oxygens (including phenoxy) is 2. The molecule has 4 nitrogen and oxygen atoms in total. The van der Waals surface area contributed by atoms with Crippen molar-refractivity contribution in [2.45, 2.75) is 33.4 Å². The Morgan fingerprint density at radius 2 is 1.79 bits per heavy atom. The van der Waals surface area contributed by atoms with Crippen molar-refractivity contribution in [2.24, 2.45) is 0 Å². The topological polar surface area (TPSA) is 33.7 Å². The molecule has 0 radical (unpaired) electrons. The maximum atomic E-state index is 6.47. The van der Waals surface area contributed by atoms with Crippen LogP contribution in [0.15, 0.2) is 36.4 Å². The van der Waals surface area contributed by atoms with Gasteiger partial charge in [0, 0.05) is 17.1 Å². The molecule has 28 heavy (non-hydrogen) atoms. The molecule has 0 aromatic heterocycles. The molecule has 0 bridgehead atoms. The molecule has 6 heteroatoms. The van der Waals surface area contributed by atoms with Gasteiger partial charge in [-0.25, -0.2) is 0 Å². The summed E-state index contributed by atoms with van der Waals surface area (Å²) >= 11 is 12.7. The van der Waals surface area contributed by atoms with Crippen LogP contribution >= 0.6 is 23.2 Å². The SMILES string of the molecule is CCN(CC)CCCNCc1cc(Cl)c(OCc2ccccc2Cl)c(OC)c1. The zero-order valence-electron chi connectivity index (χ0n) is 16.9. The van der Waals surface area contributed by atoms with E-state index in [0.29, 0.717) is 28.2 Å². The van der Waals surface area contributed by atoms with Crippen molar-refractivity contribution in [1.29, 1.82) is 0 Å². The fourth-order valence-electron chi connectivity index (χ4n) is 2.98. The van der Waals surface area contributed by atoms with Crippen molar-refractivity contribution in [1.82, 2.24) is 10.2 Å². The average molecular weight is 425 g/mol. The average Bonchev–Trinajstić information content (AvgIpc) is 2.70. The first kappa shape index (κ1) is 22.8. The first-order chi connectivity index (χ1) is 13.6. The second-order valence-corrected chi connectivity index (χ2v) is 7.36. The molecular formula is C22H30Cl2N2O2. The molecule has 1 N–H and O–H groups in total. The summed E-state index contributed by atoms with van der Waals surface area (Å²) in [5.74, 6) is 1.16. The minimum Gasteiger partial charge on any atom is -0.493 e. The molecule has 0 saturated heterocycles. The van der Waals surface area contributed by atoms with E-state index in [1.54, 1.807) is 7.11 Å². The van der Waals surface area contributed by atoms with Gasteiger partial charge in [-0.2, -0.15) is 0 Å². The quantitative estimate of drug-likeness (QED) is 0.462. The number of rotatable bonds is 12. The normalized spacial score (nSPS) is 11.1. The third-order valence-electron chi connectivity index (χ3n) is 4.67. The number of methoxy groups -OCH3 is 1. The Morgan fingerprint density at radius 3 is 2.46 bits per heavy atom.